The molecular formula is C22H29Cl2N3O3S. The summed E-state index contributed by atoms with van der Waals surface area (Å²) >= 11 is 0. The fraction of sp³-hybridized carbons (Fsp3) is 0.364. The van der Waals surface area contributed by atoms with E-state index in [2.05, 4.69) is 22.8 Å². The summed E-state index contributed by atoms with van der Waals surface area (Å²) in [6.07, 6.45) is 1.63. The van der Waals surface area contributed by atoms with E-state index in [9.17, 15) is 8.42 Å². The van der Waals surface area contributed by atoms with E-state index in [4.69, 9.17) is 4.74 Å². The second-order valence-corrected chi connectivity index (χ2v) is 9.21. The van der Waals surface area contributed by atoms with Gasteiger partial charge in [0.05, 0.1) is 17.5 Å². The first-order valence-corrected chi connectivity index (χ1v) is 11.4. The highest BCUT2D eigenvalue weighted by atomic mass is 35.5. The number of piperazine rings is 1. The van der Waals surface area contributed by atoms with Gasteiger partial charge in [-0.05, 0) is 54.6 Å². The second-order valence-electron chi connectivity index (χ2n) is 7.40. The highest BCUT2D eigenvalue weighted by Gasteiger charge is 2.20. The lowest BCUT2D eigenvalue weighted by atomic mass is 10.1. The highest BCUT2D eigenvalue weighted by Crippen LogP contribution is 2.25. The number of nitrogens with zero attached hydrogens (tertiary/aromatic N) is 3. The molecule has 0 bridgehead atoms. The van der Waals surface area contributed by atoms with E-state index in [0.717, 1.165) is 44.7 Å². The van der Waals surface area contributed by atoms with Crippen LogP contribution in [0.3, 0.4) is 0 Å². The van der Waals surface area contributed by atoms with Gasteiger partial charge in [0, 0.05) is 44.3 Å². The summed E-state index contributed by atoms with van der Waals surface area (Å²) in [7, 11) is -2.09. The maximum absolute atomic E-state index is 13.1. The van der Waals surface area contributed by atoms with Gasteiger partial charge in [-0.15, -0.1) is 24.8 Å². The van der Waals surface area contributed by atoms with Gasteiger partial charge in [-0.25, -0.2) is 12.4 Å². The van der Waals surface area contributed by atoms with Crippen molar-refractivity contribution in [2.75, 3.05) is 39.8 Å². The van der Waals surface area contributed by atoms with Gasteiger partial charge >= 0.3 is 0 Å². The molecule has 2 aromatic carbocycles. The molecule has 170 valence electrons. The van der Waals surface area contributed by atoms with Crippen molar-refractivity contribution < 1.29 is 13.2 Å². The molecule has 0 aliphatic carbocycles. The Morgan fingerprint density at radius 1 is 0.903 bits per heavy atom. The van der Waals surface area contributed by atoms with Crippen molar-refractivity contribution in [1.82, 2.24) is 13.8 Å². The molecule has 1 fully saturated rings. The molecule has 1 aliphatic heterocycles. The summed E-state index contributed by atoms with van der Waals surface area (Å²) < 4.78 is 32.6. The minimum absolute atomic E-state index is 0. The number of aromatic nitrogens is 1. The predicted molar refractivity (Wildman–Crippen MR) is 129 cm³/mol. The molecular weight excluding hydrogens is 457 g/mol. The van der Waals surface area contributed by atoms with Crippen molar-refractivity contribution in [3.8, 4) is 5.75 Å². The molecule has 0 atom stereocenters. The fourth-order valence-corrected chi connectivity index (χ4v) is 5.21. The first-order valence-electron chi connectivity index (χ1n) is 9.95. The minimum atomic E-state index is -3.65. The molecule has 0 amide bonds. The number of ether oxygens (including phenoxy) is 1. The van der Waals surface area contributed by atoms with Crippen LogP contribution in [0.1, 0.15) is 12.5 Å². The van der Waals surface area contributed by atoms with E-state index in [0.29, 0.717) is 11.3 Å². The fourth-order valence-electron chi connectivity index (χ4n) is 3.86. The lowest BCUT2D eigenvalue weighted by Crippen LogP contribution is -2.45. The number of hydrogen-bond donors (Lipinski definition) is 0. The summed E-state index contributed by atoms with van der Waals surface area (Å²) in [5, 5.41) is 0.937. The minimum Gasteiger partial charge on any atom is -0.497 e. The van der Waals surface area contributed by atoms with Gasteiger partial charge < -0.3 is 9.64 Å². The van der Waals surface area contributed by atoms with Crippen molar-refractivity contribution in [1.29, 1.82) is 0 Å². The van der Waals surface area contributed by atoms with Crippen molar-refractivity contribution in [3.63, 3.8) is 0 Å². The van der Waals surface area contributed by atoms with Crippen molar-refractivity contribution >= 4 is 45.7 Å². The van der Waals surface area contributed by atoms with Gasteiger partial charge in [0.2, 0.25) is 0 Å². The number of hydrogen-bond acceptors (Lipinski definition) is 5. The molecule has 0 radical (unpaired) electrons. The van der Waals surface area contributed by atoms with Crippen LogP contribution >= 0.6 is 24.8 Å². The molecule has 1 aliphatic rings. The third-order valence-corrected chi connectivity index (χ3v) is 7.36. The second kappa shape index (κ2) is 10.7. The molecule has 4 rings (SSSR count). The van der Waals surface area contributed by atoms with Crippen molar-refractivity contribution in [2.45, 2.75) is 18.4 Å². The summed E-state index contributed by atoms with van der Waals surface area (Å²) in [5.74, 6) is 0.630. The SMILES string of the molecule is CCN1CCN(Cc2ccc3c(ccn3S(=O)(=O)c3ccc(OC)cc3)c2)CC1.Cl.Cl. The standard InChI is InChI=1S/C22H27N3O3S.2ClH/c1-3-23-12-14-24(15-13-23)17-18-4-9-22-19(16-18)10-11-25(22)29(26,27)21-7-5-20(28-2)6-8-21;;/h4-11,16H,3,12-15,17H2,1-2H3;2*1H. The van der Waals surface area contributed by atoms with E-state index in [1.165, 1.54) is 9.54 Å². The van der Waals surface area contributed by atoms with Gasteiger partial charge in [0.25, 0.3) is 10.0 Å². The molecule has 1 aromatic heterocycles. The van der Waals surface area contributed by atoms with Crippen molar-refractivity contribution in [2.24, 2.45) is 0 Å². The largest absolute Gasteiger partial charge is 0.497 e. The Morgan fingerprint density at radius 3 is 2.16 bits per heavy atom. The first kappa shape index (κ1) is 25.5. The lowest BCUT2D eigenvalue weighted by molar-refractivity contribution is 0.132. The monoisotopic (exact) mass is 485 g/mol. The molecule has 2 heterocycles. The number of halogens is 2. The lowest BCUT2D eigenvalue weighted by Gasteiger charge is -2.34. The van der Waals surface area contributed by atoms with Crippen molar-refractivity contribution in [3.05, 3.63) is 60.3 Å². The molecule has 9 heteroatoms. The molecule has 31 heavy (non-hydrogen) atoms. The Kier molecular flexibility index (Phi) is 8.80. The zero-order valence-electron chi connectivity index (χ0n) is 17.7. The number of fused-ring (bicyclic) bond motifs is 1. The smallest absolute Gasteiger partial charge is 0.268 e. The summed E-state index contributed by atoms with van der Waals surface area (Å²) in [6, 6.07) is 14.4. The van der Waals surface area contributed by atoms with E-state index < -0.39 is 10.0 Å². The quantitative estimate of drug-likeness (QED) is 0.530. The third kappa shape index (κ3) is 5.35. The number of likely N-dealkylation sites (N-methyl/N-ethyl adjacent to an activating group) is 1. The molecule has 0 N–H and O–H groups in total. The number of rotatable bonds is 6. The zero-order valence-corrected chi connectivity index (χ0v) is 20.2. The number of benzene rings is 2. The maximum Gasteiger partial charge on any atom is 0.268 e. The van der Waals surface area contributed by atoms with E-state index in [1.54, 1.807) is 37.6 Å². The number of methoxy groups -OCH3 is 1. The normalized spacial score (nSPS) is 15.3. The zero-order chi connectivity index (χ0) is 20.4. The molecule has 0 saturated carbocycles. The van der Waals surface area contributed by atoms with Gasteiger partial charge in [-0.1, -0.05) is 13.0 Å². The van der Waals surface area contributed by atoms with Crippen LogP contribution < -0.4 is 4.74 Å². The van der Waals surface area contributed by atoms with Gasteiger partial charge in [-0.2, -0.15) is 0 Å². The molecule has 0 spiro atoms. The van der Waals surface area contributed by atoms with Crippen LogP contribution in [0.5, 0.6) is 5.75 Å². The van der Waals surface area contributed by atoms with Crippen LogP contribution in [0.4, 0.5) is 0 Å². The summed E-state index contributed by atoms with van der Waals surface area (Å²) in [5.41, 5.74) is 1.91. The van der Waals surface area contributed by atoms with Crippen LogP contribution in [0.2, 0.25) is 0 Å². The average Bonchev–Trinajstić information content (AvgIpc) is 3.18. The van der Waals surface area contributed by atoms with E-state index in [1.807, 2.05) is 18.2 Å². The Morgan fingerprint density at radius 2 is 1.55 bits per heavy atom. The topological polar surface area (TPSA) is 54.8 Å². The molecule has 1 saturated heterocycles. The van der Waals surface area contributed by atoms with Gasteiger partial charge in [0.15, 0.2) is 0 Å². The van der Waals surface area contributed by atoms with Gasteiger partial charge in [-0.3, -0.25) is 4.90 Å². The van der Waals surface area contributed by atoms with Crippen LogP contribution in [-0.2, 0) is 16.6 Å². The van der Waals surface area contributed by atoms with Crippen LogP contribution in [0.25, 0.3) is 10.9 Å². The Hall–Kier alpha value is -1.77. The van der Waals surface area contributed by atoms with Crippen LogP contribution in [-0.4, -0.2) is 62.0 Å². The Bertz CT molecular complexity index is 1090. The summed E-state index contributed by atoms with van der Waals surface area (Å²) in [4.78, 5) is 5.16. The summed E-state index contributed by atoms with van der Waals surface area (Å²) in [6.45, 7) is 8.55. The highest BCUT2D eigenvalue weighted by molar-refractivity contribution is 7.90. The molecule has 0 unspecified atom stereocenters. The maximum atomic E-state index is 13.1. The average molecular weight is 486 g/mol. The predicted octanol–water partition coefficient (Wildman–Crippen LogP) is 3.87. The van der Waals surface area contributed by atoms with Gasteiger partial charge in [0.1, 0.15) is 5.75 Å². The van der Waals surface area contributed by atoms with E-state index >= 15 is 0 Å². The third-order valence-electron chi connectivity index (χ3n) is 5.65. The van der Waals surface area contributed by atoms with E-state index in [-0.39, 0.29) is 29.7 Å². The molecule has 6 nitrogen and oxygen atoms in total. The first-order chi connectivity index (χ1) is 14.0. The molecule has 3 aromatic rings. The van der Waals surface area contributed by atoms with Crippen LogP contribution in [0.15, 0.2) is 59.6 Å². The van der Waals surface area contributed by atoms with Crippen LogP contribution in [0, 0.1) is 0 Å². The Labute approximate surface area is 196 Å². The Balaban J connectivity index is 0.00000171.